The fraction of sp³-hybridized carbons (Fsp3) is 0.167. The van der Waals surface area contributed by atoms with E-state index in [4.69, 9.17) is 16.3 Å². The minimum Gasteiger partial charge on any atom is -0.433 e. The van der Waals surface area contributed by atoms with Gasteiger partial charge in [0.15, 0.2) is 0 Å². The predicted octanol–water partition coefficient (Wildman–Crippen LogP) is 5.22. The molecule has 1 fully saturated rings. The number of nitrogens with zero attached hydrogens (tertiary/aromatic N) is 2. The number of hydrogen-bond donors (Lipinski definition) is 1. The maximum absolute atomic E-state index is 13.1. The van der Waals surface area contributed by atoms with Crippen LogP contribution < -0.4 is 9.80 Å². The number of aromatic amines is 1. The van der Waals surface area contributed by atoms with Crippen molar-refractivity contribution in [1.29, 1.82) is 0 Å². The number of alkyl halides is 1. The lowest BCUT2D eigenvalue weighted by atomic mass is 10.0. The molecule has 1 aromatic heterocycles. The number of imide groups is 1. The van der Waals surface area contributed by atoms with E-state index in [9.17, 15) is 9.59 Å². The first-order chi connectivity index (χ1) is 14.9. The smallest absolute Gasteiger partial charge is 0.422 e. The topological polar surface area (TPSA) is 65.6 Å². The van der Waals surface area contributed by atoms with Crippen LogP contribution in [-0.4, -0.2) is 37.2 Å². The average Bonchev–Trinajstić information content (AvgIpc) is 3.29. The van der Waals surface area contributed by atoms with Gasteiger partial charge in [-0.25, -0.2) is 9.69 Å². The Morgan fingerprint density at radius 2 is 1.68 bits per heavy atom. The fourth-order valence-corrected chi connectivity index (χ4v) is 4.25. The minimum absolute atomic E-state index is 0.457. The summed E-state index contributed by atoms with van der Waals surface area (Å²) in [5.74, 6) is -0.471. The summed E-state index contributed by atoms with van der Waals surface area (Å²) in [6.45, 7) is 0. The van der Waals surface area contributed by atoms with Gasteiger partial charge in [0.2, 0.25) is 6.10 Å². The zero-order chi connectivity index (χ0) is 21.7. The lowest BCUT2D eigenvalue weighted by Gasteiger charge is -2.16. The molecule has 31 heavy (non-hydrogen) atoms. The molecule has 1 aliphatic heterocycles. The van der Waals surface area contributed by atoms with Crippen LogP contribution in [0.2, 0.25) is 0 Å². The summed E-state index contributed by atoms with van der Waals surface area (Å²) in [4.78, 5) is 31.9. The number of benzene rings is 3. The third kappa shape index (κ3) is 3.20. The Bertz CT molecular complexity index is 1310. The number of anilines is 2. The zero-order valence-corrected chi connectivity index (χ0v) is 17.8. The summed E-state index contributed by atoms with van der Waals surface area (Å²) in [5.41, 5.74) is 4.14. The highest BCUT2D eigenvalue weighted by Crippen LogP contribution is 2.36. The van der Waals surface area contributed by atoms with Crippen molar-refractivity contribution in [2.24, 2.45) is 0 Å². The molecule has 0 spiro atoms. The van der Waals surface area contributed by atoms with Gasteiger partial charge in [-0.05, 0) is 48.0 Å². The number of para-hydroxylation sites is 1. The third-order valence-corrected chi connectivity index (χ3v) is 6.09. The molecule has 0 aliphatic carbocycles. The van der Waals surface area contributed by atoms with E-state index < -0.39 is 23.5 Å². The molecule has 0 radical (unpaired) electrons. The third-order valence-electron chi connectivity index (χ3n) is 5.61. The molecule has 2 atom stereocenters. The van der Waals surface area contributed by atoms with E-state index in [-0.39, 0.29) is 0 Å². The Balaban J connectivity index is 1.45. The Morgan fingerprint density at radius 1 is 0.968 bits per heavy atom. The standard InChI is InChI=1S/C24H20ClN3O3/c1-27(2)15-8-10-16(11-9-15)28-23(29)22(31-24(28)30)21(25)14-7-12-20-18(13-14)17-5-3-4-6-19(17)26-20/h3-13,21-22,26H,1-2H3. The van der Waals surface area contributed by atoms with Crippen LogP contribution in [0.4, 0.5) is 16.2 Å². The van der Waals surface area contributed by atoms with Crippen molar-refractivity contribution < 1.29 is 14.3 Å². The number of halogens is 1. The summed E-state index contributed by atoms with van der Waals surface area (Å²) in [5, 5.41) is 1.27. The van der Waals surface area contributed by atoms with Crippen LogP contribution in [0.3, 0.4) is 0 Å². The van der Waals surface area contributed by atoms with Crippen LogP contribution in [0.5, 0.6) is 0 Å². The summed E-state index contributed by atoms with van der Waals surface area (Å²) < 4.78 is 5.40. The van der Waals surface area contributed by atoms with Gasteiger partial charge in [0.1, 0.15) is 5.38 Å². The van der Waals surface area contributed by atoms with Gasteiger partial charge in [0.25, 0.3) is 5.91 Å². The highest BCUT2D eigenvalue weighted by Gasteiger charge is 2.46. The van der Waals surface area contributed by atoms with Crippen LogP contribution in [0.1, 0.15) is 10.9 Å². The molecule has 1 N–H and O–H groups in total. The van der Waals surface area contributed by atoms with Gasteiger partial charge in [-0.2, -0.15) is 0 Å². The van der Waals surface area contributed by atoms with Gasteiger partial charge in [0.05, 0.1) is 5.69 Å². The molecule has 4 aromatic rings. The van der Waals surface area contributed by atoms with Crippen molar-refractivity contribution >= 4 is 56.8 Å². The highest BCUT2D eigenvalue weighted by atomic mass is 35.5. The van der Waals surface area contributed by atoms with Gasteiger partial charge < -0.3 is 14.6 Å². The van der Waals surface area contributed by atoms with Crippen molar-refractivity contribution in [2.45, 2.75) is 11.5 Å². The lowest BCUT2D eigenvalue weighted by Crippen LogP contribution is -2.32. The number of fused-ring (bicyclic) bond motifs is 3. The maximum atomic E-state index is 13.1. The summed E-state index contributed by atoms with van der Waals surface area (Å²) in [7, 11) is 3.84. The molecule has 5 rings (SSSR count). The number of carbonyl (C=O) groups excluding carboxylic acids is 2. The predicted molar refractivity (Wildman–Crippen MR) is 123 cm³/mol. The average molecular weight is 434 g/mol. The zero-order valence-electron chi connectivity index (χ0n) is 17.0. The molecular formula is C24H20ClN3O3. The molecule has 6 nitrogen and oxygen atoms in total. The van der Waals surface area contributed by atoms with Crippen molar-refractivity contribution in [3.63, 3.8) is 0 Å². The molecule has 3 aromatic carbocycles. The second-order valence-corrected chi connectivity index (χ2v) is 8.24. The minimum atomic E-state index is -1.09. The molecule has 0 saturated carbocycles. The number of ether oxygens (including phenoxy) is 1. The second kappa shape index (κ2) is 7.32. The van der Waals surface area contributed by atoms with Crippen LogP contribution in [0, 0.1) is 0 Å². The lowest BCUT2D eigenvalue weighted by molar-refractivity contribution is -0.122. The highest BCUT2D eigenvalue weighted by molar-refractivity contribution is 6.27. The molecule has 2 unspecified atom stereocenters. The van der Waals surface area contributed by atoms with Gasteiger partial charge in [-0.3, -0.25) is 4.79 Å². The first-order valence-electron chi connectivity index (χ1n) is 9.90. The fourth-order valence-electron chi connectivity index (χ4n) is 3.96. The second-order valence-electron chi connectivity index (χ2n) is 7.77. The Kier molecular flexibility index (Phi) is 4.59. The van der Waals surface area contributed by atoms with E-state index in [2.05, 4.69) is 4.98 Å². The van der Waals surface area contributed by atoms with Crippen LogP contribution in [0.25, 0.3) is 21.8 Å². The Labute approximate surface area is 184 Å². The maximum Gasteiger partial charge on any atom is 0.422 e. The van der Waals surface area contributed by atoms with Crippen molar-refractivity contribution in [2.75, 3.05) is 23.9 Å². The van der Waals surface area contributed by atoms with Crippen molar-refractivity contribution in [1.82, 2.24) is 4.98 Å². The quantitative estimate of drug-likeness (QED) is 0.448. The molecule has 156 valence electrons. The van der Waals surface area contributed by atoms with Crippen LogP contribution in [-0.2, 0) is 9.53 Å². The number of cyclic esters (lactones) is 1. The van der Waals surface area contributed by atoms with E-state index >= 15 is 0 Å². The molecule has 2 heterocycles. The number of H-pyrrole nitrogens is 1. The molecule has 1 saturated heterocycles. The number of amides is 2. The number of nitrogens with one attached hydrogen (secondary N) is 1. The largest absolute Gasteiger partial charge is 0.433 e. The Hall–Kier alpha value is -3.51. The van der Waals surface area contributed by atoms with Crippen LogP contribution in [0.15, 0.2) is 66.7 Å². The molecule has 0 bridgehead atoms. The summed E-state index contributed by atoms with van der Waals surface area (Å²) in [6, 6.07) is 20.8. The molecule has 2 amide bonds. The number of carbonyl (C=O) groups is 2. The first kappa shape index (κ1) is 19.5. The van der Waals surface area contributed by atoms with Gasteiger partial charge >= 0.3 is 6.09 Å². The van der Waals surface area contributed by atoms with Crippen molar-refractivity contribution in [3.05, 3.63) is 72.3 Å². The van der Waals surface area contributed by atoms with E-state index in [0.717, 1.165) is 38.0 Å². The van der Waals surface area contributed by atoms with E-state index in [1.54, 1.807) is 12.1 Å². The number of rotatable bonds is 4. The SMILES string of the molecule is CN(C)c1ccc(N2C(=O)OC(C(Cl)c3ccc4[nH]c5ccccc5c4c3)C2=O)cc1. The van der Waals surface area contributed by atoms with E-state index in [1.807, 2.05) is 73.6 Å². The number of aromatic nitrogens is 1. The normalized spacial score (nSPS) is 17.4. The van der Waals surface area contributed by atoms with Crippen LogP contribution >= 0.6 is 11.6 Å². The van der Waals surface area contributed by atoms with Gasteiger partial charge in [0, 0.05) is 41.6 Å². The Morgan fingerprint density at radius 3 is 2.42 bits per heavy atom. The van der Waals surface area contributed by atoms with Gasteiger partial charge in [-0.15, -0.1) is 11.6 Å². The summed E-state index contributed by atoms with van der Waals surface area (Å²) >= 11 is 6.67. The molecule has 7 heteroatoms. The van der Waals surface area contributed by atoms with Gasteiger partial charge in [-0.1, -0.05) is 24.3 Å². The monoisotopic (exact) mass is 433 g/mol. The molecular weight excluding hydrogens is 414 g/mol. The number of hydrogen-bond acceptors (Lipinski definition) is 4. The first-order valence-corrected chi connectivity index (χ1v) is 10.3. The van der Waals surface area contributed by atoms with E-state index in [1.165, 1.54) is 0 Å². The van der Waals surface area contributed by atoms with E-state index in [0.29, 0.717) is 5.69 Å². The van der Waals surface area contributed by atoms with Crippen molar-refractivity contribution in [3.8, 4) is 0 Å². The summed E-state index contributed by atoms with van der Waals surface area (Å²) in [6.07, 6.45) is -1.81. The molecule has 1 aliphatic rings.